The molecular weight excluding hydrogens is 228 g/mol. The zero-order valence-electron chi connectivity index (χ0n) is 9.45. The van der Waals surface area contributed by atoms with Gasteiger partial charge in [-0.15, -0.1) is 0 Å². The third-order valence-corrected chi connectivity index (χ3v) is 3.29. The van der Waals surface area contributed by atoms with Crippen molar-refractivity contribution in [3.8, 4) is 11.5 Å². The van der Waals surface area contributed by atoms with E-state index in [1.54, 1.807) is 0 Å². The molecule has 0 radical (unpaired) electrons. The van der Waals surface area contributed by atoms with E-state index < -0.39 is 11.6 Å². The first-order chi connectivity index (χ1) is 8.19. The quantitative estimate of drug-likeness (QED) is 0.748. The molecule has 5 heteroatoms. The Morgan fingerprint density at radius 1 is 1.12 bits per heavy atom. The molecule has 1 aromatic rings. The van der Waals surface area contributed by atoms with Crippen molar-refractivity contribution >= 4 is 0 Å². The highest BCUT2D eigenvalue weighted by molar-refractivity contribution is 5.44. The number of fused-ring (bicyclic) bond motifs is 2. The van der Waals surface area contributed by atoms with Crippen molar-refractivity contribution in [1.82, 2.24) is 4.90 Å². The first-order valence-electron chi connectivity index (χ1n) is 5.72. The van der Waals surface area contributed by atoms with E-state index in [0.717, 1.165) is 18.7 Å². The summed E-state index contributed by atoms with van der Waals surface area (Å²) in [4.78, 5) is 2.14. The van der Waals surface area contributed by atoms with Gasteiger partial charge in [-0.3, -0.25) is 4.90 Å². The number of rotatable bonds is 1. The summed E-state index contributed by atoms with van der Waals surface area (Å²) in [5.74, 6) is -1.34. The van der Waals surface area contributed by atoms with Crippen LogP contribution in [0.1, 0.15) is 6.92 Å². The van der Waals surface area contributed by atoms with Crippen molar-refractivity contribution in [3.63, 3.8) is 0 Å². The second kappa shape index (κ2) is 3.84. The summed E-state index contributed by atoms with van der Waals surface area (Å²) in [5.41, 5.74) is 0. The molecule has 0 N–H and O–H groups in total. The number of likely N-dealkylation sites (tertiary alicyclic amines) is 1. The molecule has 0 saturated carbocycles. The maximum absolute atomic E-state index is 13.5. The van der Waals surface area contributed by atoms with Crippen molar-refractivity contribution in [3.05, 3.63) is 23.8 Å². The zero-order valence-corrected chi connectivity index (χ0v) is 9.45. The third-order valence-electron chi connectivity index (χ3n) is 3.29. The van der Waals surface area contributed by atoms with E-state index in [9.17, 15) is 8.78 Å². The molecular formula is C12H13F2NO2. The molecule has 3 rings (SSSR count). The van der Waals surface area contributed by atoms with Crippen molar-refractivity contribution in [2.24, 2.45) is 0 Å². The van der Waals surface area contributed by atoms with Crippen molar-refractivity contribution in [1.29, 1.82) is 0 Å². The van der Waals surface area contributed by atoms with Gasteiger partial charge in [0.25, 0.3) is 0 Å². The second-order valence-electron chi connectivity index (χ2n) is 4.35. The van der Waals surface area contributed by atoms with E-state index in [4.69, 9.17) is 9.47 Å². The van der Waals surface area contributed by atoms with Crippen LogP contribution in [0.3, 0.4) is 0 Å². The van der Waals surface area contributed by atoms with Gasteiger partial charge in [-0.05, 0) is 18.7 Å². The lowest BCUT2D eigenvalue weighted by Crippen LogP contribution is -2.39. The smallest absolute Gasteiger partial charge is 0.200 e. The lowest BCUT2D eigenvalue weighted by molar-refractivity contribution is 0.0467. The molecule has 0 aromatic heterocycles. The monoisotopic (exact) mass is 241 g/mol. The average Bonchev–Trinajstić information content (AvgIpc) is 2.74. The molecule has 0 bridgehead atoms. The average molecular weight is 241 g/mol. The molecule has 1 saturated heterocycles. The topological polar surface area (TPSA) is 21.7 Å². The lowest BCUT2D eigenvalue weighted by atomic mass is 10.2. The minimum atomic E-state index is -0.574. The number of benzene rings is 1. The van der Waals surface area contributed by atoms with E-state index in [2.05, 4.69) is 4.90 Å². The fourth-order valence-corrected chi connectivity index (χ4v) is 2.34. The van der Waals surface area contributed by atoms with E-state index in [1.165, 1.54) is 0 Å². The molecule has 0 amide bonds. The molecule has 0 unspecified atom stereocenters. The number of halogens is 2. The number of likely N-dealkylation sites (N-methyl/N-ethyl adjacent to an activating group) is 1. The molecule has 1 fully saturated rings. The van der Waals surface area contributed by atoms with Crippen LogP contribution in [0.25, 0.3) is 0 Å². The summed E-state index contributed by atoms with van der Waals surface area (Å²) in [6.45, 7) is 4.29. The predicted molar refractivity (Wildman–Crippen MR) is 57.3 cm³/mol. The largest absolute Gasteiger partial charge is 0.478 e. The van der Waals surface area contributed by atoms with Gasteiger partial charge < -0.3 is 9.47 Å². The van der Waals surface area contributed by atoms with Crippen molar-refractivity contribution < 1.29 is 18.3 Å². The maximum atomic E-state index is 13.5. The fraction of sp³-hybridized carbons (Fsp3) is 0.500. The number of nitrogens with zero attached hydrogens (tertiary/aromatic N) is 1. The molecule has 1 aromatic carbocycles. The minimum Gasteiger partial charge on any atom is -0.478 e. The summed E-state index contributed by atoms with van der Waals surface area (Å²) >= 11 is 0. The Kier molecular flexibility index (Phi) is 2.43. The normalized spacial score (nSPS) is 27.0. The number of hydrogen-bond donors (Lipinski definition) is 0. The van der Waals surface area contributed by atoms with Gasteiger partial charge in [-0.2, -0.15) is 0 Å². The van der Waals surface area contributed by atoms with Crippen LogP contribution < -0.4 is 9.47 Å². The number of hydrogen-bond acceptors (Lipinski definition) is 3. The molecule has 92 valence electrons. The zero-order chi connectivity index (χ0) is 12.0. The van der Waals surface area contributed by atoms with E-state index in [-0.39, 0.29) is 23.7 Å². The highest BCUT2D eigenvalue weighted by Gasteiger charge is 2.41. The molecule has 2 atom stereocenters. The Morgan fingerprint density at radius 3 is 2.00 bits per heavy atom. The summed E-state index contributed by atoms with van der Waals surface area (Å²) in [7, 11) is 0. The molecule has 0 spiro atoms. The van der Waals surface area contributed by atoms with Gasteiger partial charge in [0.15, 0.2) is 11.6 Å². The van der Waals surface area contributed by atoms with Gasteiger partial charge in [0, 0.05) is 13.1 Å². The molecule has 2 heterocycles. The first kappa shape index (κ1) is 10.8. The first-order valence-corrected chi connectivity index (χ1v) is 5.72. The SMILES string of the molecule is CCN1C[C@@H]2Oc3c(F)ccc(F)c3O[C@@H]2C1. The van der Waals surface area contributed by atoms with Gasteiger partial charge >= 0.3 is 0 Å². The molecule has 2 aliphatic heterocycles. The Morgan fingerprint density at radius 2 is 1.59 bits per heavy atom. The van der Waals surface area contributed by atoms with Crippen LogP contribution in [-0.2, 0) is 0 Å². The lowest BCUT2D eigenvalue weighted by Gasteiger charge is -2.28. The van der Waals surface area contributed by atoms with Gasteiger partial charge in [-0.25, -0.2) is 8.78 Å². The van der Waals surface area contributed by atoms with E-state index >= 15 is 0 Å². The fourth-order valence-electron chi connectivity index (χ4n) is 2.34. The van der Waals surface area contributed by atoms with Gasteiger partial charge in [0.05, 0.1) is 0 Å². The Bertz CT molecular complexity index is 413. The van der Waals surface area contributed by atoms with Crippen LogP contribution in [0.4, 0.5) is 8.78 Å². The summed E-state index contributed by atoms with van der Waals surface area (Å²) in [6.07, 6.45) is -0.419. The molecule has 2 aliphatic rings. The Hall–Kier alpha value is -1.36. The Balaban J connectivity index is 1.94. The predicted octanol–water partition coefficient (Wildman–Crippen LogP) is 1.81. The van der Waals surface area contributed by atoms with Gasteiger partial charge in [0.2, 0.25) is 11.5 Å². The standard InChI is InChI=1S/C12H13F2NO2/c1-2-15-5-9-10(6-15)17-12-8(14)4-3-7(13)11(12)16-9/h3-4,9-10H,2,5-6H2,1H3/t9-,10+. The van der Waals surface area contributed by atoms with Gasteiger partial charge in [0.1, 0.15) is 12.2 Å². The number of ether oxygens (including phenoxy) is 2. The molecule has 17 heavy (non-hydrogen) atoms. The van der Waals surface area contributed by atoms with Crippen molar-refractivity contribution in [2.75, 3.05) is 19.6 Å². The summed E-state index contributed by atoms with van der Waals surface area (Å²) in [6, 6.07) is 2.12. The van der Waals surface area contributed by atoms with Crippen LogP contribution in [0.5, 0.6) is 11.5 Å². The highest BCUT2D eigenvalue weighted by atomic mass is 19.1. The molecule has 3 nitrogen and oxygen atoms in total. The van der Waals surface area contributed by atoms with Crippen molar-refractivity contribution in [2.45, 2.75) is 19.1 Å². The minimum absolute atomic E-state index is 0.0933. The Labute approximate surface area is 97.9 Å². The maximum Gasteiger partial charge on any atom is 0.200 e. The van der Waals surface area contributed by atoms with Crippen LogP contribution in [0.15, 0.2) is 12.1 Å². The third kappa shape index (κ3) is 1.65. The van der Waals surface area contributed by atoms with Crippen LogP contribution >= 0.6 is 0 Å². The van der Waals surface area contributed by atoms with E-state index in [0.29, 0.717) is 13.1 Å². The summed E-state index contributed by atoms with van der Waals surface area (Å²) in [5, 5.41) is 0. The highest BCUT2D eigenvalue weighted by Crippen LogP contribution is 2.40. The van der Waals surface area contributed by atoms with Crippen LogP contribution in [0.2, 0.25) is 0 Å². The van der Waals surface area contributed by atoms with E-state index in [1.807, 2.05) is 6.92 Å². The summed E-state index contributed by atoms with van der Waals surface area (Å²) < 4.78 is 38.0. The van der Waals surface area contributed by atoms with Crippen LogP contribution in [0, 0.1) is 11.6 Å². The van der Waals surface area contributed by atoms with Gasteiger partial charge in [-0.1, -0.05) is 6.92 Å². The second-order valence-corrected chi connectivity index (χ2v) is 4.35. The molecule has 0 aliphatic carbocycles. The van der Waals surface area contributed by atoms with Crippen LogP contribution in [-0.4, -0.2) is 36.7 Å².